The van der Waals surface area contributed by atoms with Gasteiger partial charge < -0.3 is 24.4 Å². The lowest BCUT2D eigenvalue weighted by atomic mass is 9.91. The number of hydrogen-bond acceptors (Lipinski definition) is 5. The number of carbonyl (C=O) groups excluding carboxylic acids is 2. The molecular weight excluding hydrogens is 465 g/mol. The number of alkyl halides is 3. The van der Waals surface area contributed by atoms with Crippen molar-refractivity contribution in [3.05, 3.63) is 33.8 Å². The lowest BCUT2D eigenvalue weighted by Crippen LogP contribution is -2.57. The highest BCUT2D eigenvalue weighted by atomic mass is 35.5. The molecule has 0 bridgehead atoms. The Labute approximate surface area is 195 Å². The van der Waals surface area contributed by atoms with Crippen LogP contribution < -0.4 is 0 Å². The van der Waals surface area contributed by atoms with Crippen LogP contribution >= 0.6 is 11.6 Å². The first kappa shape index (κ1) is 25.6. The number of fused-ring (bicyclic) bond motifs is 1. The first-order chi connectivity index (χ1) is 15.2. The molecule has 1 saturated heterocycles. The van der Waals surface area contributed by atoms with Crippen LogP contribution in [-0.4, -0.2) is 71.0 Å². The third-order valence-electron chi connectivity index (χ3n) is 5.63. The smallest absolute Gasteiger partial charge is 0.416 e. The van der Waals surface area contributed by atoms with Gasteiger partial charge in [-0.05, 0) is 57.4 Å². The molecule has 1 aromatic carbocycles. The average Bonchev–Trinajstić information content (AvgIpc) is 2.70. The number of aliphatic hydroxyl groups is 1. The predicted octanol–water partition coefficient (Wildman–Crippen LogP) is 3.80. The normalized spacial score (nSPS) is 23.8. The van der Waals surface area contributed by atoms with Crippen LogP contribution in [0.5, 0.6) is 0 Å². The summed E-state index contributed by atoms with van der Waals surface area (Å²) in [6, 6.07) is 1.35. The molecule has 0 saturated carbocycles. The molecule has 2 aliphatic heterocycles. The van der Waals surface area contributed by atoms with Crippen molar-refractivity contribution in [2.45, 2.75) is 64.1 Å². The maximum atomic E-state index is 13.3. The molecule has 0 radical (unpaired) electrons. The average molecular weight is 493 g/mol. The Hall–Kier alpha value is -2.04. The maximum Gasteiger partial charge on any atom is 0.416 e. The highest BCUT2D eigenvalue weighted by molar-refractivity contribution is 6.31. The first-order valence-electron chi connectivity index (χ1n) is 10.7. The molecule has 0 aromatic heterocycles. The van der Waals surface area contributed by atoms with Gasteiger partial charge in [0.15, 0.2) is 6.10 Å². The summed E-state index contributed by atoms with van der Waals surface area (Å²) in [4.78, 5) is 28.7. The summed E-state index contributed by atoms with van der Waals surface area (Å²) < 4.78 is 50.6. The molecule has 2 amide bonds. The molecule has 3 rings (SSSR count). The fourth-order valence-corrected chi connectivity index (χ4v) is 4.54. The van der Waals surface area contributed by atoms with Gasteiger partial charge in [-0.15, -0.1) is 0 Å². The van der Waals surface area contributed by atoms with E-state index in [1.54, 1.807) is 27.7 Å². The van der Waals surface area contributed by atoms with E-state index in [-0.39, 0.29) is 31.1 Å². The van der Waals surface area contributed by atoms with Gasteiger partial charge in [0.05, 0.1) is 37.4 Å². The molecule has 7 nitrogen and oxygen atoms in total. The summed E-state index contributed by atoms with van der Waals surface area (Å²) >= 11 is 6.20. The largest absolute Gasteiger partial charge is 0.444 e. The fourth-order valence-electron chi connectivity index (χ4n) is 4.14. The molecule has 0 unspecified atom stereocenters. The molecule has 1 N–H and O–H groups in total. The van der Waals surface area contributed by atoms with Crippen molar-refractivity contribution in [1.82, 2.24) is 9.80 Å². The minimum Gasteiger partial charge on any atom is -0.444 e. The molecule has 1 fully saturated rings. The quantitative estimate of drug-likeness (QED) is 0.679. The van der Waals surface area contributed by atoms with Gasteiger partial charge in [-0.1, -0.05) is 11.6 Å². The summed E-state index contributed by atoms with van der Waals surface area (Å²) in [7, 11) is 0. The van der Waals surface area contributed by atoms with E-state index in [2.05, 4.69) is 0 Å². The van der Waals surface area contributed by atoms with Crippen molar-refractivity contribution in [3.63, 3.8) is 0 Å². The van der Waals surface area contributed by atoms with Crippen molar-refractivity contribution in [3.8, 4) is 0 Å². The molecule has 2 heterocycles. The van der Waals surface area contributed by atoms with E-state index in [0.717, 1.165) is 12.1 Å². The lowest BCUT2D eigenvalue weighted by Gasteiger charge is -2.42. The van der Waals surface area contributed by atoms with Crippen LogP contribution in [0.1, 0.15) is 50.4 Å². The Bertz CT molecular complexity index is 919. The molecule has 1 aromatic rings. The van der Waals surface area contributed by atoms with Gasteiger partial charge >= 0.3 is 12.3 Å². The number of halogens is 4. The van der Waals surface area contributed by atoms with Crippen LogP contribution in [-0.2, 0) is 26.9 Å². The van der Waals surface area contributed by atoms with Crippen molar-refractivity contribution in [2.75, 3.05) is 26.2 Å². The number of nitrogens with zero attached hydrogens (tertiary/aromatic N) is 2. The van der Waals surface area contributed by atoms with Gasteiger partial charge in [-0.3, -0.25) is 4.79 Å². The Balaban J connectivity index is 1.81. The fraction of sp³-hybridized carbons (Fsp3) is 0.636. The number of morpholine rings is 1. The van der Waals surface area contributed by atoms with E-state index in [0.29, 0.717) is 11.1 Å². The predicted molar refractivity (Wildman–Crippen MR) is 114 cm³/mol. The van der Waals surface area contributed by atoms with E-state index in [1.807, 2.05) is 0 Å². The maximum absolute atomic E-state index is 13.3. The number of amides is 2. The van der Waals surface area contributed by atoms with Crippen LogP contribution in [0.3, 0.4) is 0 Å². The summed E-state index contributed by atoms with van der Waals surface area (Å²) in [6.45, 7) is 6.62. The van der Waals surface area contributed by atoms with Gasteiger partial charge in [0.2, 0.25) is 0 Å². The van der Waals surface area contributed by atoms with Gasteiger partial charge in [-0.25, -0.2) is 4.79 Å². The molecular formula is C22H28ClF3N2O5. The zero-order valence-corrected chi connectivity index (χ0v) is 19.7. The monoisotopic (exact) mass is 492 g/mol. The zero-order chi connectivity index (χ0) is 24.7. The highest BCUT2D eigenvalue weighted by Crippen LogP contribution is 2.40. The molecule has 0 aliphatic carbocycles. The molecule has 3 atom stereocenters. The van der Waals surface area contributed by atoms with Crippen LogP contribution in [0.15, 0.2) is 12.1 Å². The molecule has 11 heteroatoms. The van der Waals surface area contributed by atoms with Crippen LogP contribution in [0.25, 0.3) is 0 Å². The minimum atomic E-state index is -4.52. The van der Waals surface area contributed by atoms with Gasteiger partial charge in [0.1, 0.15) is 5.60 Å². The van der Waals surface area contributed by atoms with Gasteiger partial charge in [0, 0.05) is 11.6 Å². The van der Waals surface area contributed by atoms with Crippen molar-refractivity contribution >= 4 is 23.6 Å². The number of benzene rings is 1. The van der Waals surface area contributed by atoms with E-state index in [9.17, 15) is 27.9 Å². The van der Waals surface area contributed by atoms with Gasteiger partial charge in [-0.2, -0.15) is 13.2 Å². The summed E-state index contributed by atoms with van der Waals surface area (Å²) in [5.74, 6) is -0.434. The second-order valence-electron chi connectivity index (χ2n) is 9.30. The third kappa shape index (κ3) is 5.73. The number of aliphatic hydroxyl groups excluding tert-OH is 1. The van der Waals surface area contributed by atoms with Crippen molar-refractivity contribution in [1.29, 1.82) is 0 Å². The van der Waals surface area contributed by atoms with E-state index in [4.69, 9.17) is 21.1 Å². The molecule has 33 heavy (non-hydrogen) atoms. The minimum absolute atomic E-state index is 0.0574. The Morgan fingerprint density at radius 2 is 1.91 bits per heavy atom. The summed E-state index contributed by atoms with van der Waals surface area (Å²) in [5, 5.41) is 9.55. The SMILES string of the molecule is C[C@H]1c2c(Cl)cc(C(F)(F)F)cc2CCN1C(=O)[C@H]1CN(C(=O)OC(C)(C)C)C[C@@H](CO)O1. The third-order valence-corrected chi connectivity index (χ3v) is 5.94. The Kier molecular flexibility index (Phi) is 7.21. The van der Waals surface area contributed by atoms with Crippen molar-refractivity contribution in [2.24, 2.45) is 0 Å². The Morgan fingerprint density at radius 3 is 2.48 bits per heavy atom. The van der Waals surface area contributed by atoms with E-state index >= 15 is 0 Å². The summed E-state index contributed by atoms with van der Waals surface area (Å²) in [6.07, 6.45) is -6.77. The second kappa shape index (κ2) is 9.31. The standard InChI is InChI=1S/C22H28ClF3N2O5/c1-12-18-13(7-14(8-16(18)23)22(24,25)26)5-6-28(12)19(30)17-10-27(9-15(11-29)32-17)20(31)33-21(2,3)4/h7-8,12,15,17,29H,5-6,9-11H2,1-4H3/t12-,15-,17+/m0/s1. The first-order valence-corrected chi connectivity index (χ1v) is 11.0. The molecule has 2 aliphatic rings. The van der Waals surface area contributed by atoms with E-state index in [1.165, 1.54) is 9.80 Å². The van der Waals surface area contributed by atoms with Crippen LogP contribution in [0.2, 0.25) is 5.02 Å². The van der Waals surface area contributed by atoms with Crippen molar-refractivity contribution < 1.29 is 37.3 Å². The molecule has 184 valence electrons. The number of rotatable bonds is 2. The summed E-state index contributed by atoms with van der Waals surface area (Å²) in [5.41, 5.74) is -0.657. The Morgan fingerprint density at radius 1 is 1.24 bits per heavy atom. The van der Waals surface area contributed by atoms with Crippen LogP contribution in [0, 0.1) is 0 Å². The number of ether oxygens (including phenoxy) is 2. The zero-order valence-electron chi connectivity index (χ0n) is 18.9. The second-order valence-corrected chi connectivity index (χ2v) is 9.71. The highest BCUT2D eigenvalue weighted by Gasteiger charge is 2.41. The number of carbonyl (C=O) groups is 2. The lowest BCUT2D eigenvalue weighted by molar-refractivity contribution is -0.162. The van der Waals surface area contributed by atoms with Crippen LogP contribution in [0.4, 0.5) is 18.0 Å². The molecule has 0 spiro atoms. The van der Waals surface area contributed by atoms with E-state index < -0.39 is 54.2 Å². The number of hydrogen-bond donors (Lipinski definition) is 1. The topological polar surface area (TPSA) is 79.3 Å². The van der Waals surface area contributed by atoms with Gasteiger partial charge in [0.25, 0.3) is 5.91 Å².